The van der Waals surface area contributed by atoms with Crippen molar-refractivity contribution in [1.29, 1.82) is 0 Å². The summed E-state index contributed by atoms with van der Waals surface area (Å²) in [5.74, 6) is 1.85. The molecule has 1 aliphatic carbocycles. The van der Waals surface area contributed by atoms with E-state index in [9.17, 15) is 0 Å². The quantitative estimate of drug-likeness (QED) is 0.845. The van der Waals surface area contributed by atoms with Crippen molar-refractivity contribution in [2.45, 2.75) is 71.8 Å². The Labute approximate surface area is 120 Å². The molecule has 0 atom stereocenters. The van der Waals surface area contributed by atoms with Crippen LogP contribution < -0.4 is 5.73 Å². The lowest BCUT2D eigenvalue weighted by atomic mass is 9.71. The van der Waals surface area contributed by atoms with Gasteiger partial charge in [0.1, 0.15) is 0 Å². The van der Waals surface area contributed by atoms with Crippen LogP contribution in [0.5, 0.6) is 0 Å². The summed E-state index contributed by atoms with van der Waals surface area (Å²) in [6, 6.07) is 0.887. The van der Waals surface area contributed by atoms with Crippen LogP contribution in [0.1, 0.15) is 65.7 Å². The highest BCUT2D eigenvalue weighted by Crippen LogP contribution is 2.39. The Morgan fingerprint density at radius 1 is 0.947 bits per heavy atom. The van der Waals surface area contributed by atoms with E-state index in [1.165, 1.54) is 58.0 Å². The fourth-order valence-corrected chi connectivity index (χ4v) is 4.15. The predicted molar refractivity (Wildman–Crippen MR) is 83.2 cm³/mol. The monoisotopic (exact) mass is 266 g/mol. The minimum absolute atomic E-state index is 0.513. The Hall–Kier alpha value is -0.0800. The van der Waals surface area contributed by atoms with Crippen LogP contribution in [0.25, 0.3) is 0 Å². The number of piperidine rings is 1. The molecule has 1 heterocycles. The SMILES string of the molecule is CC(C)(C)C1CCC(N2CCC(CCN)CC2)CC1. The molecule has 0 spiro atoms. The van der Waals surface area contributed by atoms with Gasteiger partial charge in [0.15, 0.2) is 0 Å². The van der Waals surface area contributed by atoms with Crippen molar-refractivity contribution in [2.24, 2.45) is 23.0 Å². The van der Waals surface area contributed by atoms with Crippen molar-refractivity contribution >= 4 is 0 Å². The molecule has 0 radical (unpaired) electrons. The van der Waals surface area contributed by atoms with Gasteiger partial charge in [0.05, 0.1) is 0 Å². The number of rotatable bonds is 3. The Bertz CT molecular complexity index is 253. The standard InChI is InChI=1S/C17H34N2/c1-17(2,3)15-4-6-16(7-5-15)19-12-9-14(8-11-18)10-13-19/h14-16H,4-13,18H2,1-3H3. The fourth-order valence-electron chi connectivity index (χ4n) is 4.15. The van der Waals surface area contributed by atoms with E-state index in [1.54, 1.807) is 0 Å². The number of likely N-dealkylation sites (tertiary alicyclic amines) is 1. The van der Waals surface area contributed by atoms with Gasteiger partial charge >= 0.3 is 0 Å². The van der Waals surface area contributed by atoms with Gasteiger partial charge in [-0.15, -0.1) is 0 Å². The molecule has 2 aliphatic rings. The minimum Gasteiger partial charge on any atom is -0.330 e. The molecule has 112 valence electrons. The molecule has 0 amide bonds. The van der Waals surface area contributed by atoms with Crippen LogP contribution in [0, 0.1) is 17.3 Å². The number of nitrogens with two attached hydrogens (primary N) is 1. The largest absolute Gasteiger partial charge is 0.330 e. The third-order valence-corrected chi connectivity index (χ3v) is 5.66. The molecule has 0 bridgehead atoms. The van der Waals surface area contributed by atoms with Gasteiger partial charge < -0.3 is 10.6 Å². The molecule has 1 saturated heterocycles. The summed E-state index contributed by atoms with van der Waals surface area (Å²) >= 11 is 0. The number of nitrogens with zero attached hydrogens (tertiary/aromatic N) is 1. The van der Waals surface area contributed by atoms with Crippen LogP contribution in [0.3, 0.4) is 0 Å². The molecule has 2 nitrogen and oxygen atoms in total. The Morgan fingerprint density at radius 3 is 2.00 bits per heavy atom. The Kier molecular flexibility index (Phi) is 5.30. The van der Waals surface area contributed by atoms with E-state index in [0.717, 1.165) is 24.4 Å². The molecule has 2 fully saturated rings. The Balaban J connectivity index is 1.74. The van der Waals surface area contributed by atoms with Crippen LogP contribution in [0.15, 0.2) is 0 Å². The lowest BCUT2D eigenvalue weighted by Crippen LogP contribution is -2.44. The van der Waals surface area contributed by atoms with Crippen LogP contribution in [0.2, 0.25) is 0 Å². The first-order valence-corrected chi connectivity index (χ1v) is 8.45. The van der Waals surface area contributed by atoms with Gasteiger partial charge in [-0.05, 0) is 81.8 Å². The van der Waals surface area contributed by atoms with Gasteiger partial charge in [-0.25, -0.2) is 0 Å². The van der Waals surface area contributed by atoms with Crippen LogP contribution in [0.4, 0.5) is 0 Å². The number of hydrogen-bond donors (Lipinski definition) is 1. The number of hydrogen-bond acceptors (Lipinski definition) is 2. The molecule has 19 heavy (non-hydrogen) atoms. The summed E-state index contributed by atoms with van der Waals surface area (Å²) in [6.45, 7) is 10.8. The lowest BCUT2D eigenvalue weighted by molar-refractivity contribution is 0.0695. The molecule has 0 aromatic rings. The van der Waals surface area contributed by atoms with Crippen molar-refractivity contribution in [3.05, 3.63) is 0 Å². The average molecular weight is 266 g/mol. The van der Waals surface area contributed by atoms with Gasteiger partial charge in [0.2, 0.25) is 0 Å². The highest BCUT2D eigenvalue weighted by atomic mass is 15.2. The zero-order chi connectivity index (χ0) is 13.9. The van der Waals surface area contributed by atoms with Crippen molar-refractivity contribution in [3.63, 3.8) is 0 Å². The third kappa shape index (κ3) is 4.19. The smallest absolute Gasteiger partial charge is 0.00954 e. The van der Waals surface area contributed by atoms with Crippen molar-refractivity contribution in [3.8, 4) is 0 Å². The summed E-state index contributed by atoms with van der Waals surface area (Å²) in [4.78, 5) is 2.78. The second-order valence-electron chi connectivity index (χ2n) is 7.93. The van der Waals surface area contributed by atoms with Crippen LogP contribution in [-0.4, -0.2) is 30.6 Å². The molecule has 0 unspecified atom stereocenters. The summed E-state index contributed by atoms with van der Waals surface area (Å²) < 4.78 is 0. The van der Waals surface area contributed by atoms with Gasteiger partial charge in [-0.1, -0.05) is 20.8 Å². The molecule has 1 aliphatic heterocycles. The van der Waals surface area contributed by atoms with Gasteiger partial charge in [0.25, 0.3) is 0 Å². The summed E-state index contributed by atoms with van der Waals surface area (Å²) in [5.41, 5.74) is 6.19. The molecule has 2 heteroatoms. The highest BCUT2D eigenvalue weighted by Gasteiger charge is 2.33. The third-order valence-electron chi connectivity index (χ3n) is 5.66. The van der Waals surface area contributed by atoms with Crippen molar-refractivity contribution in [1.82, 2.24) is 4.90 Å². The first-order chi connectivity index (χ1) is 9.00. The molecule has 2 rings (SSSR count). The van der Waals surface area contributed by atoms with Crippen LogP contribution >= 0.6 is 0 Å². The summed E-state index contributed by atoms with van der Waals surface area (Å²) in [6.07, 6.45) is 9.76. The zero-order valence-corrected chi connectivity index (χ0v) is 13.3. The molecule has 0 aromatic heterocycles. The van der Waals surface area contributed by atoms with Gasteiger partial charge in [-0.2, -0.15) is 0 Å². The summed E-state index contributed by atoms with van der Waals surface area (Å²) in [5, 5.41) is 0. The van der Waals surface area contributed by atoms with E-state index >= 15 is 0 Å². The molecule has 2 N–H and O–H groups in total. The predicted octanol–water partition coefficient (Wildman–Crippen LogP) is 3.65. The molecule has 1 saturated carbocycles. The van der Waals surface area contributed by atoms with Crippen molar-refractivity contribution in [2.75, 3.05) is 19.6 Å². The fraction of sp³-hybridized carbons (Fsp3) is 1.00. The Morgan fingerprint density at radius 2 is 1.53 bits per heavy atom. The molecule has 0 aromatic carbocycles. The van der Waals surface area contributed by atoms with E-state index < -0.39 is 0 Å². The van der Waals surface area contributed by atoms with Crippen molar-refractivity contribution < 1.29 is 0 Å². The van der Waals surface area contributed by atoms with E-state index in [1.807, 2.05) is 0 Å². The minimum atomic E-state index is 0.513. The molecular weight excluding hydrogens is 232 g/mol. The first-order valence-electron chi connectivity index (χ1n) is 8.45. The normalized spacial score (nSPS) is 31.6. The van der Waals surface area contributed by atoms with E-state index in [-0.39, 0.29) is 0 Å². The summed E-state index contributed by atoms with van der Waals surface area (Å²) in [7, 11) is 0. The van der Waals surface area contributed by atoms with Gasteiger partial charge in [0, 0.05) is 6.04 Å². The first kappa shape index (κ1) is 15.3. The lowest BCUT2D eigenvalue weighted by Gasteiger charge is -2.43. The highest BCUT2D eigenvalue weighted by molar-refractivity contribution is 4.86. The van der Waals surface area contributed by atoms with E-state index in [0.29, 0.717) is 5.41 Å². The second-order valence-corrected chi connectivity index (χ2v) is 7.93. The van der Waals surface area contributed by atoms with Gasteiger partial charge in [-0.3, -0.25) is 0 Å². The average Bonchev–Trinajstić information content (AvgIpc) is 2.39. The maximum absolute atomic E-state index is 5.68. The molecular formula is C17H34N2. The topological polar surface area (TPSA) is 29.3 Å². The zero-order valence-electron chi connectivity index (χ0n) is 13.3. The maximum Gasteiger partial charge on any atom is 0.00954 e. The van der Waals surface area contributed by atoms with E-state index in [4.69, 9.17) is 5.73 Å². The van der Waals surface area contributed by atoms with E-state index in [2.05, 4.69) is 25.7 Å². The van der Waals surface area contributed by atoms with Crippen LogP contribution in [-0.2, 0) is 0 Å². The maximum atomic E-state index is 5.68. The second kappa shape index (κ2) is 6.58.